The summed E-state index contributed by atoms with van der Waals surface area (Å²) in [6, 6.07) is 6.46. The van der Waals surface area contributed by atoms with Gasteiger partial charge in [-0.15, -0.1) is 0 Å². The van der Waals surface area contributed by atoms with Crippen molar-refractivity contribution in [2.75, 3.05) is 25.2 Å². The Hall–Kier alpha value is -4.04. The molecule has 0 spiro atoms. The molecule has 3 rings (SSSR count). The van der Waals surface area contributed by atoms with Crippen molar-refractivity contribution in [3.05, 3.63) is 53.3 Å². The number of methoxy groups -OCH3 is 1. The molecule has 1 amide bonds. The van der Waals surface area contributed by atoms with E-state index in [1.807, 2.05) is 0 Å². The van der Waals surface area contributed by atoms with Gasteiger partial charge in [-0.2, -0.15) is 13.2 Å². The van der Waals surface area contributed by atoms with E-state index in [2.05, 4.69) is 16.8 Å². The van der Waals surface area contributed by atoms with Gasteiger partial charge in [0.05, 0.1) is 36.7 Å². The normalized spacial score (nSPS) is 11.6. The van der Waals surface area contributed by atoms with E-state index < -0.39 is 43.4 Å². The summed E-state index contributed by atoms with van der Waals surface area (Å²) >= 11 is 0. The van der Waals surface area contributed by atoms with E-state index in [9.17, 15) is 27.9 Å². The largest absolute Gasteiger partial charge is 0.465 e. The fourth-order valence-electron chi connectivity index (χ4n) is 3.72. The molecule has 0 aliphatic carbocycles. The number of hydrogen-bond acceptors (Lipinski definition) is 6. The van der Waals surface area contributed by atoms with Crippen molar-refractivity contribution in [3.8, 4) is 23.1 Å². The Bertz CT molecular complexity index is 1410. The lowest BCUT2D eigenvalue weighted by Crippen LogP contribution is -2.39. The number of esters is 1. The van der Waals surface area contributed by atoms with Crippen molar-refractivity contribution in [1.82, 2.24) is 9.38 Å². The molecule has 0 unspecified atom stereocenters. The predicted molar refractivity (Wildman–Crippen MR) is 135 cm³/mol. The summed E-state index contributed by atoms with van der Waals surface area (Å²) in [5.74, 6) is 4.76. The number of rotatable bonds is 5. The van der Waals surface area contributed by atoms with Crippen molar-refractivity contribution < 1.29 is 37.3 Å². The lowest BCUT2D eigenvalue weighted by molar-refractivity contribution is -0.132. The van der Waals surface area contributed by atoms with Crippen LogP contribution in [0.3, 0.4) is 0 Å². The molecule has 2 heterocycles. The first-order valence-electron chi connectivity index (χ1n) is 11.6. The van der Waals surface area contributed by atoms with Gasteiger partial charge in [0, 0.05) is 23.9 Å². The van der Waals surface area contributed by atoms with Gasteiger partial charge < -0.3 is 14.6 Å². The second kappa shape index (κ2) is 11.1. The van der Waals surface area contributed by atoms with Gasteiger partial charge in [0.15, 0.2) is 5.65 Å². The quantitative estimate of drug-likeness (QED) is 0.362. The number of hydrogen-bond donors (Lipinski definition) is 1. The van der Waals surface area contributed by atoms with Crippen molar-refractivity contribution in [2.45, 2.75) is 45.9 Å². The van der Waals surface area contributed by atoms with Crippen molar-refractivity contribution in [2.24, 2.45) is 0 Å². The molecular weight excluding hydrogens is 503 g/mol. The van der Waals surface area contributed by atoms with E-state index in [1.165, 1.54) is 19.4 Å². The Morgan fingerprint density at radius 2 is 1.89 bits per heavy atom. The molecule has 0 aliphatic rings. The number of pyridine rings is 1. The van der Waals surface area contributed by atoms with Crippen LogP contribution in [0.2, 0.25) is 0 Å². The van der Waals surface area contributed by atoms with Gasteiger partial charge in [0.1, 0.15) is 12.2 Å². The number of ether oxygens (including phenoxy) is 2. The summed E-state index contributed by atoms with van der Waals surface area (Å²) < 4.78 is 51.4. The molecule has 11 heteroatoms. The van der Waals surface area contributed by atoms with Gasteiger partial charge in [0.2, 0.25) is 0 Å². The molecule has 0 fully saturated rings. The maximum absolute atomic E-state index is 13.2. The highest BCUT2D eigenvalue weighted by Crippen LogP contribution is 2.31. The number of aryl methyl sites for hydroxylation is 1. The molecular formula is C27H28F3N3O5. The molecule has 202 valence electrons. The molecule has 0 atom stereocenters. The number of alkyl halides is 3. The molecule has 1 aromatic carbocycles. The fourth-order valence-corrected chi connectivity index (χ4v) is 3.72. The molecule has 2 aromatic heterocycles. The fraction of sp³-hybridized carbons (Fsp3) is 0.370. The summed E-state index contributed by atoms with van der Waals surface area (Å²) in [6.45, 7) is 5.42. The number of fused-ring (bicyclic) bond motifs is 1. The van der Waals surface area contributed by atoms with Crippen LogP contribution in [0.25, 0.3) is 16.9 Å². The average Bonchev–Trinajstić information content (AvgIpc) is 3.24. The Labute approximate surface area is 218 Å². The number of halogens is 3. The van der Waals surface area contributed by atoms with E-state index >= 15 is 0 Å². The summed E-state index contributed by atoms with van der Waals surface area (Å²) in [5, 5.41) is 9.18. The molecule has 0 bridgehead atoms. The van der Waals surface area contributed by atoms with Crippen LogP contribution in [-0.4, -0.2) is 58.6 Å². The van der Waals surface area contributed by atoms with Crippen LogP contribution in [0.1, 0.15) is 48.7 Å². The molecule has 0 saturated carbocycles. The van der Waals surface area contributed by atoms with Gasteiger partial charge in [-0.05, 0) is 51.5 Å². The molecule has 0 saturated heterocycles. The highest BCUT2D eigenvalue weighted by molar-refractivity contribution is 5.94. The second-order valence-corrected chi connectivity index (χ2v) is 9.43. The lowest BCUT2D eigenvalue weighted by Gasteiger charge is -2.28. The van der Waals surface area contributed by atoms with E-state index in [-0.39, 0.29) is 11.3 Å². The van der Waals surface area contributed by atoms with Crippen LogP contribution in [-0.2, 0) is 9.47 Å². The van der Waals surface area contributed by atoms with Crippen LogP contribution < -0.4 is 4.90 Å². The Kier molecular flexibility index (Phi) is 8.37. The van der Waals surface area contributed by atoms with Crippen molar-refractivity contribution in [1.29, 1.82) is 0 Å². The second-order valence-electron chi connectivity index (χ2n) is 9.43. The number of nitrogens with zero attached hydrogens (tertiary/aromatic N) is 3. The molecule has 38 heavy (non-hydrogen) atoms. The summed E-state index contributed by atoms with van der Waals surface area (Å²) in [5.41, 5.74) is 1.82. The van der Waals surface area contributed by atoms with Crippen LogP contribution in [0.15, 0.2) is 36.7 Å². The maximum atomic E-state index is 13.2. The molecule has 8 nitrogen and oxygen atoms in total. The van der Waals surface area contributed by atoms with Crippen LogP contribution in [0.5, 0.6) is 0 Å². The van der Waals surface area contributed by atoms with Crippen LogP contribution >= 0.6 is 0 Å². The maximum Gasteiger partial charge on any atom is 0.414 e. The molecule has 1 N–H and O–H groups in total. The molecule has 0 radical (unpaired) electrons. The number of imidazole rings is 1. The number of aliphatic hydroxyl groups is 1. The van der Waals surface area contributed by atoms with E-state index in [0.29, 0.717) is 27.9 Å². The topological polar surface area (TPSA) is 93.4 Å². The van der Waals surface area contributed by atoms with Crippen molar-refractivity contribution in [3.63, 3.8) is 0 Å². The minimum absolute atomic E-state index is 0.0578. The highest BCUT2D eigenvalue weighted by Gasteiger charge is 2.33. The lowest BCUT2D eigenvalue weighted by atomic mass is 10.0. The standard InChI is InChI=1S/C27H28F3N3O5/c1-17-13-19(8-9-20(17)24(35)37-5)22-15-31-23-21(14-18(7-6-12-34)16-33(22)23)32(11-10-27(28,29)30)25(36)38-26(2,3)4/h8-9,13-16,34H,10-12H2,1-5H3. The third-order valence-electron chi connectivity index (χ3n) is 5.35. The Morgan fingerprint density at radius 1 is 1.18 bits per heavy atom. The highest BCUT2D eigenvalue weighted by atomic mass is 19.4. The van der Waals surface area contributed by atoms with Crippen molar-refractivity contribution >= 4 is 23.4 Å². The van der Waals surface area contributed by atoms with Gasteiger partial charge in [0.25, 0.3) is 0 Å². The van der Waals surface area contributed by atoms with E-state index in [1.54, 1.807) is 56.5 Å². The van der Waals surface area contributed by atoms with E-state index in [0.717, 1.165) is 4.90 Å². The SMILES string of the molecule is COC(=O)c1ccc(-c2cnc3c(N(CCC(F)(F)F)C(=O)OC(C)(C)C)cc(C#CCO)cn23)cc1C. The first-order valence-corrected chi connectivity index (χ1v) is 11.6. The van der Waals surface area contributed by atoms with E-state index in [4.69, 9.17) is 9.47 Å². The minimum Gasteiger partial charge on any atom is -0.465 e. The summed E-state index contributed by atoms with van der Waals surface area (Å²) in [6.07, 6.45) is -3.66. The summed E-state index contributed by atoms with van der Waals surface area (Å²) in [7, 11) is 1.28. The number of amides is 1. The van der Waals surface area contributed by atoms with Crippen LogP contribution in [0, 0.1) is 18.8 Å². The third-order valence-corrected chi connectivity index (χ3v) is 5.35. The van der Waals surface area contributed by atoms with Crippen LogP contribution in [0.4, 0.5) is 23.7 Å². The number of benzene rings is 1. The van der Waals surface area contributed by atoms with Gasteiger partial charge in [-0.25, -0.2) is 14.6 Å². The number of aromatic nitrogens is 2. The molecule has 0 aliphatic heterocycles. The number of carbonyl (C=O) groups excluding carboxylic acids is 2. The third kappa shape index (κ3) is 6.83. The zero-order valence-electron chi connectivity index (χ0n) is 21.6. The van der Waals surface area contributed by atoms with Gasteiger partial charge in [-0.3, -0.25) is 9.30 Å². The number of aliphatic hydroxyl groups excluding tert-OH is 1. The minimum atomic E-state index is -4.52. The Morgan fingerprint density at radius 3 is 2.47 bits per heavy atom. The van der Waals surface area contributed by atoms with Gasteiger partial charge >= 0.3 is 18.2 Å². The number of anilines is 1. The zero-order chi connectivity index (χ0) is 28.3. The van der Waals surface area contributed by atoms with Gasteiger partial charge in [-0.1, -0.05) is 17.9 Å². The smallest absolute Gasteiger partial charge is 0.414 e. The summed E-state index contributed by atoms with van der Waals surface area (Å²) in [4.78, 5) is 30.4. The first-order chi connectivity index (χ1) is 17.7. The number of carbonyl (C=O) groups is 2. The first kappa shape index (κ1) is 28.5. The average molecular weight is 532 g/mol. The zero-order valence-corrected chi connectivity index (χ0v) is 21.6. The monoisotopic (exact) mass is 531 g/mol. The molecule has 3 aromatic rings. The Balaban J connectivity index is 2.23. The predicted octanol–water partition coefficient (Wildman–Crippen LogP) is 5.13.